The first-order valence-corrected chi connectivity index (χ1v) is 13.5. The number of amides is 1. The van der Waals surface area contributed by atoms with Crippen LogP contribution in [0.15, 0.2) is 70.5 Å². The van der Waals surface area contributed by atoms with Gasteiger partial charge in [0.2, 0.25) is 0 Å². The van der Waals surface area contributed by atoms with Gasteiger partial charge >= 0.3 is 5.69 Å². The van der Waals surface area contributed by atoms with E-state index in [9.17, 15) is 18.8 Å². The summed E-state index contributed by atoms with van der Waals surface area (Å²) < 4.78 is 41.8. The molecule has 12 nitrogen and oxygen atoms in total. The summed E-state index contributed by atoms with van der Waals surface area (Å²) in [6, 6.07) is 10.0. The normalized spacial score (nSPS) is 11.5. The lowest BCUT2D eigenvalue weighted by Crippen LogP contribution is -2.42. The maximum atomic E-state index is 15.3. The van der Waals surface area contributed by atoms with Gasteiger partial charge in [-0.2, -0.15) is 5.10 Å². The van der Waals surface area contributed by atoms with E-state index in [1.165, 1.54) is 35.0 Å². The van der Waals surface area contributed by atoms with Crippen LogP contribution in [0.4, 0.5) is 20.3 Å². The highest BCUT2D eigenvalue weighted by Gasteiger charge is 2.23. The third kappa shape index (κ3) is 6.06. The second kappa shape index (κ2) is 12.1. The van der Waals surface area contributed by atoms with Gasteiger partial charge in [0.05, 0.1) is 17.8 Å². The number of rotatable bonds is 10. The Morgan fingerprint density at radius 3 is 2.50 bits per heavy atom. The molecule has 0 saturated carbocycles. The molecule has 5 rings (SSSR count). The Bertz CT molecular complexity index is 1970. The number of carbonyl (C=O) groups is 1. The topological polar surface area (TPSA) is 145 Å². The molecular formula is C30H29F2N7O5. The van der Waals surface area contributed by atoms with Crippen molar-refractivity contribution in [2.45, 2.75) is 32.9 Å². The number of fused-ring (bicyclic) bond motifs is 1. The van der Waals surface area contributed by atoms with Gasteiger partial charge in [-0.05, 0) is 57.2 Å². The van der Waals surface area contributed by atoms with Gasteiger partial charge in [-0.1, -0.05) is 0 Å². The minimum atomic E-state index is -0.913. The van der Waals surface area contributed by atoms with E-state index in [-0.39, 0.29) is 35.0 Å². The fraction of sp³-hybridized carbons (Fsp3) is 0.233. The lowest BCUT2D eigenvalue weighted by molar-refractivity contribution is 0.102. The average Bonchev–Trinajstić information content (AvgIpc) is 3.38. The number of pyridine rings is 1. The van der Waals surface area contributed by atoms with Crippen molar-refractivity contribution in [1.82, 2.24) is 24.3 Å². The van der Waals surface area contributed by atoms with Crippen molar-refractivity contribution < 1.29 is 23.0 Å². The Morgan fingerprint density at radius 2 is 1.82 bits per heavy atom. The summed E-state index contributed by atoms with van der Waals surface area (Å²) in [5, 5.41) is 13.4. The summed E-state index contributed by atoms with van der Waals surface area (Å²) in [7, 11) is 1.59. The Kier molecular flexibility index (Phi) is 8.27. The van der Waals surface area contributed by atoms with Crippen LogP contribution in [0, 0.1) is 11.6 Å². The van der Waals surface area contributed by atoms with Gasteiger partial charge in [0.15, 0.2) is 23.0 Å². The van der Waals surface area contributed by atoms with Crippen molar-refractivity contribution in [3.8, 4) is 17.2 Å². The third-order valence-corrected chi connectivity index (χ3v) is 6.62. The van der Waals surface area contributed by atoms with E-state index in [0.29, 0.717) is 23.5 Å². The summed E-state index contributed by atoms with van der Waals surface area (Å²) in [5.41, 5.74) is -1.92. The molecule has 1 amide bonds. The molecule has 3 aromatic heterocycles. The molecule has 0 aliphatic rings. The Labute approximate surface area is 249 Å². The lowest BCUT2D eigenvalue weighted by atomic mass is 10.1. The first kappa shape index (κ1) is 30.1. The summed E-state index contributed by atoms with van der Waals surface area (Å²) in [5.74, 6) is -1.65. The number of aryl methyl sites for hydroxylation is 1. The Hall–Kier alpha value is -5.37. The van der Waals surface area contributed by atoms with Crippen LogP contribution >= 0.6 is 0 Å². The molecule has 0 bridgehead atoms. The first-order valence-electron chi connectivity index (χ1n) is 13.5. The number of aromatic amines is 1. The average molecular weight is 606 g/mol. The first-order chi connectivity index (χ1) is 21.0. The van der Waals surface area contributed by atoms with E-state index < -0.39 is 34.3 Å². The number of hydrogen-bond donors (Lipinski definition) is 3. The fourth-order valence-electron chi connectivity index (χ4n) is 4.60. The number of nitrogens with zero attached hydrogens (tertiary/aromatic N) is 4. The van der Waals surface area contributed by atoms with Crippen LogP contribution in [0.25, 0.3) is 16.7 Å². The van der Waals surface area contributed by atoms with Crippen LogP contribution in [0.5, 0.6) is 11.5 Å². The molecule has 2 aromatic carbocycles. The van der Waals surface area contributed by atoms with Crippen molar-refractivity contribution in [2.75, 3.05) is 24.4 Å². The number of nitrogens with one attached hydrogen (secondary N) is 3. The Morgan fingerprint density at radius 1 is 1.07 bits per heavy atom. The monoisotopic (exact) mass is 605 g/mol. The maximum absolute atomic E-state index is 15.3. The zero-order valence-corrected chi connectivity index (χ0v) is 24.3. The molecule has 0 spiro atoms. The second-order valence-electron chi connectivity index (χ2n) is 10.5. The van der Waals surface area contributed by atoms with E-state index in [4.69, 9.17) is 9.47 Å². The van der Waals surface area contributed by atoms with E-state index in [2.05, 4.69) is 25.8 Å². The molecule has 5 aromatic rings. The van der Waals surface area contributed by atoms with E-state index in [1.807, 2.05) is 13.8 Å². The van der Waals surface area contributed by atoms with Crippen molar-refractivity contribution in [1.29, 1.82) is 0 Å². The van der Waals surface area contributed by atoms with Crippen LogP contribution < -0.4 is 26.6 Å². The third-order valence-electron chi connectivity index (χ3n) is 6.62. The molecule has 0 aliphatic heterocycles. The zero-order valence-electron chi connectivity index (χ0n) is 24.3. The number of ether oxygens (including phenoxy) is 2. The molecule has 3 heterocycles. The van der Waals surface area contributed by atoms with Crippen LogP contribution in [0.3, 0.4) is 0 Å². The highest BCUT2D eigenvalue weighted by Crippen LogP contribution is 2.35. The van der Waals surface area contributed by atoms with Crippen LogP contribution in [0.1, 0.15) is 31.1 Å². The van der Waals surface area contributed by atoms with Gasteiger partial charge in [-0.15, -0.1) is 0 Å². The van der Waals surface area contributed by atoms with Gasteiger partial charge in [-0.25, -0.2) is 23.1 Å². The van der Waals surface area contributed by atoms with Crippen molar-refractivity contribution in [2.24, 2.45) is 0 Å². The van der Waals surface area contributed by atoms with E-state index >= 15 is 4.39 Å². The summed E-state index contributed by atoms with van der Waals surface area (Å²) in [6.45, 7) is 6.06. The van der Waals surface area contributed by atoms with Gasteiger partial charge < -0.3 is 20.1 Å². The van der Waals surface area contributed by atoms with Crippen molar-refractivity contribution >= 4 is 28.4 Å². The largest absolute Gasteiger partial charge is 0.453 e. The zero-order chi connectivity index (χ0) is 31.6. The fourth-order valence-corrected chi connectivity index (χ4v) is 4.60. The molecule has 0 fully saturated rings. The molecule has 228 valence electrons. The number of carbonyl (C=O) groups excluding carboxylic acids is 1. The highest BCUT2D eigenvalue weighted by molar-refractivity contribution is 6.04. The van der Waals surface area contributed by atoms with E-state index in [0.717, 1.165) is 29.0 Å². The van der Waals surface area contributed by atoms with Gasteiger partial charge in [0, 0.05) is 43.9 Å². The maximum Gasteiger partial charge on any atom is 0.335 e. The minimum absolute atomic E-state index is 0.0358. The summed E-state index contributed by atoms with van der Waals surface area (Å²) in [4.78, 5) is 43.5. The standard InChI is InChI=1S/C30H29F2N7O5/c1-5-38-15-20(28(41)39(29(38)42)19-9-6-17(31)7-10-19)27(40)34-18-8-11-22(21(32)14-18)44-23-12-13-33-25-24(23)26(37-36-25)35-30(2,3)16-43-4/h6-15H,5,16H2,1-4H3,(H,34,40)(H2,33,35,36,37). The minimum Gasteiger partial charge on any atom is -0.453 e. The number of methoxy groups -OCH3 is 1. The molecule has 44 heavy (non-hydrogen) atoms. The molecule has 0 radical (unpaired) electrons. The molecule has 0 unspecified atom stereocenters. The molecule has 14 heteroatoms. The van der Waals surface area contributed by atoms with Crippen LogP contribution in [-0.4, -0.2) is 49.5 Å². The van der Waals surface area contributed by atoms with Gasteiger partial charge in [0.1, 0.15) is 22.5 Å². The number of hydrogen-bond acceptors (Lipinski definition) is 8. The predicted octanol–water partition coefficient (Wildman–Crippen LogP) is 4.45. The van der Waals surface area contributed by atoms with Gasteiger partial charge in [-0.3, -0.25) is 19.3 Å². The molecule has 0 saturated heterocycles. The van der Waals surface area contributed by atoms with E-state index in [1.54, 1.807) is 20.1 Å². The quantitative estimate of drug-likeness (QED) is 0.212. The number of H-pyrrole nitrogens is 1. The molecule has 0 aliphatic carbocycles. The van der Waals surface area contributed by atoms with Crippen LogP contribution in [0.2, 0.25) is 0 Å². The predicted molar refractivity (Wildman–Crippen MR) is 160 cm³/mol. The number of aromatic nitrogens is 5. The molecule has 0 atom stereocenters. The summed E-state index contributed by atoms with van der Waals surface area (Å²) in [6.07, 6.45) is 2.62. The number of halogens is 2. The number of benzene rings is 2. The lowest BCUT2D eigenvalue weighted by Gasteiger charge is -2.25. The Balaban J connectivity index is 1.41. The van der Waals surface area contributed by atoms with Crippen LogP contribution in [-0.2, 0) is 11.3 Å². The second-order valence-corrected chi connectivity index (χ2v) is 10.5. The van der Waals surface area contributed by atoms with Crippen molar-refractivity contribution in [3.05, 3.63) is 99.0 Å². The highest BCUT2D eigenvalue weighted by atomic mass is 19.1. The molecule has 3 N–H and O–H groups in total. The number of anilines is 2. The summed E-state index contributed by atoms with van der Waals surface area (Å²) >= 11 is 0. The van der Waals surface area contributed by atoms with Gasteiger partial charge in [0.25, 0.3) is 11.5 Å². The van der Waals surface area contributed by atoms with Crippen molar-refractivity contribution in [3.63, 3.8) is 0 Å². The SMILES string of the molecule is CCn1cc(C(=O)Nc2ccc(Oc3ccnc4[nH]nc(NC(C)(C)COC)c34)c(F)c2)c(=O)n(-c2ccc(F)cc2)c1=O. The molecular weight excluding hydrogens is 576 g/mol. The smallest absolute Gasteiger partial charge is 0.335 e.